The maximum absolute atomic E-state index is 14.8. The third-order valence-corrected chi connectivity index (χ3v) is 7.66. The third kappa shape index (κ3) is 3.78. The molecule has 1 N–H and O–H groups in total. The number of ether oxygens (including phenoxy) is 2. The molecular formula is C29H27N3O9. The molecule has 1 fully saturated rings. The average molecular weight is 562 g/mol. The van der Waals surface area contributed by atoms with E-state index in [2.05, 4.69) is 5.32 Å². The standard InChI is InChI=1S/C29H27N3O9/c1-4-39-26(35)29(27(36)40-5-2)28(20-9-6-7-10-21(20)31(17(3)33)25(28)34)23(22-11-8-16-41-22)24(30-29)18-12-14-19(15-13-18)32(37)38/h6-16,23-24,30H,4-5H2,1-3H3/t23-,24-,28-/m1/s1. The number of furan rings is 1. The van der Waals surface area contributed by atoms with Gasteiger partial charge in [0.2, 0.25) is 17.4 Å². The fourth-order valence-corrected chi connectivity index (χ4v) is 6.22. The number of nitro groups is 1. The molecule has 3 heterocycles. The second-order valence-corrected chi connectivity index (χ2v) is 9.64. The first-order valence-electron chi connectivity index (χ1n) is 13.0. The number of amides is 2. The molecule has 2 amide bonds. The van der Waals surface area contributed by atoms with Crippen LogP contribution in [-0.4, -0.2) is 47.4 Å². The minimum Gasteiger partial charge on any atom is -0.469 e. The highest BCUT2D eigenvalue weighted by atomic mass is 16.6. The monoisotopic (exact) mass is 561 g/mol. The highest BCUT2D eigenvalue weighted by molar-refractivity contribution is 6.28. The van der Waals surface area contributed by atoms with Gasteiger partial charge in [0.15, 0.2) is 0 Å². The molecule has 1 saturated heterocycles. The first-order chi connectivity index (χ1) is 19.7. The molecular weight excluding hydrogens is 534 g/mol. The highest BCUT2D eigenvalue weighted by Crippen LogP contribution is 2.64. The summed E-state index contributed by atoms with van der Waals surface area (Å²) in [5, 5.41) is 14.5. The van der Waals surface area contributed by atoms with Crippen molar-refractivity contribution < 1.29 is 38.0 Å². The Kier molecular flexibility index (Phi) is 6.95. The summed E-state index contributed by atoms with van der Waals surface area (Å²) in [5.41, 5.74) is -3.95. The zero-order valence-electron chi connectivity index (χ0n) is 22.5. The van der Waals surface area contributed by atoms with E-state index in [0.29, 0.717) is 5.56 Å². The van der Waals surface area contributed by atoms with Gasteiger partial charge in [0, 0.05) is 25.1 Å². The van der Waals surface area contributed by atoms with Crippen LogP contribution in [0.15, 0.2) is 71.3 Å². The Hall–Kier alpha value is -4.84. The lowest BCUT2D eigenvalue weighted by atomic mass is 9.59. The van der Waals surface area contributed by atoms with Crippen LogP contribution in [0.25, 0.3) is 0 Å². The number of carbonyl (C=O) groups is 4. The molecule has 0 unspecified atom stereocenters. The lowest BCUT2D eigenvalue weighted by Crippen LogP contribution is -2.70. The fourth-order valence-electron chi connectivity index (χ4n) is 6.22. The van der Waals surface area contributed by atoms with Crippen LogP contribution < -0.4 is 10.2 Å². The number of esters is 2. The van der Waals surface area contributed by atoms with Crippen molar-refractivity contribution in [2.24, 2.45) is 0 Å². The number of anilines is 1. The number of carbonyl (C=O) groups excluding carboxylic acids is 4. The van der Waals surface area contributed by atoms with Gasteiger partial charge in [0.05, 0.1) is 36.0 Å². The van der Waals surface area contributed by atoms with Crippen molar-refractivity contribution >= 4 is 35.1 Å². The zero-order valence-corrected chi connectivity index (χ0v) is 22.5. The van der Waals surface area contributed by atoms with Crippen LogP contribution in [0.2, 0.25) is 0 Å². The van der Waals surface area contributed by atoms with Crippen LogP contribution in [0.5, 0.6) is 0 Å². The van der Waals surface area contributed by atoms with Crippen LogP contribution in [-0.2, 0) is 34.1 Å². The fraction of sp³-hybridized carbons (Fsp3) is 0.310. The minimum absolute atomic E-state index is 0.127. The number of fused-ring (bicyclic) bond motifs is 2. The number of rotatable bonds is 7. The maximum atomic E-state index is 14.8. The summed E-state index contributed by atoms with van der Waals surface area (Å²) in [4.78, 5) is 67.8. The van der Waals surface area contributed by atoms with Crippen molar-refractivity contribution in [3.63, 3.8) is 0 Å². The molecule has 41 heavy (non-hydrogen) atoms. The van der Waals surface area contributed by atoms with E-state index in [0.717, 1.165) is 4.90 Å². The molecule has 2 aliphatic rings. The number of para-hydroxylation sites is 1. The third-order valence-electron chi connectivity index (χ3n) is 7.66. The molecule has 1 aromatic heterocycles. The molecule has 5 rings (SSSR count). The summed E-state index contributed by atoms with van der Waals surface area (Å²) in [7, 11) is 0. The first-order valence-corrected chi connectivity index (χ1v) is 13.0. The van der Waals surface area contributed by atoms with Crippen LogP contribution in [0.1, 0.15) is 49.6 Å². The van der Waals surface area contributed by atoms with Gasteiger partial charge in [-0.05, 0) is 43.2 Å². The van der Waals surface area contributed by atoms with E-state index in [1.54, 1.807) is 50.2 Å². The Morgan fingerprint density at radius 2 is 1.63 bits per heavy atom. The topological polar surface area (TPSA) is 158 Å². The van der Waals surface area contributed by atoms with Gasteiger partial charge in [0.1, 0.15) is 11.2 Å². The van der Waals surface area contributed by atoms with Gasteiger partial charge in [-0.3, -0.25) is 25.0 Å². The molecule has 0 radical (unpaired) electrons. The van der Waals surface area contributed by atoms with Crippen molar-refractivity contribution in [2.75, 3.05) is 18.1 Å². The Morgan fingerprint density at radius 3 is 2.17 bits per heavy atom. The van der Waals surface area contributed by atoms with Crippen molar-refractivity contribution in [1.29, 1.82) is 0 Å². The molecule has 0 aliphatic carbocycles. The van der Waals surface area contributed by atoms with Gasteiger partial charge in [0.25, 0.3) is 5.69 Å². The summed E-state index contributed by atoms with van der Waals surface area (Å²) >= 11 is 0. The second-order valence-electron chi connectivity index (χ2n) is 9.64. The molecule has 12 heteroatoms. The van der Waals surface area contributed by atoms with Crippen LogP contribution in [0.4, 0.5) is 11.4 Å². The molecule has 2 aromatic carbocycles. The smallest absolute Gasteiger partial charge is 0.339 e. The molecule has 12 nitrogen and oxygen atoms in total. The molecule has 3 aromatic rings. The lowest BCUT2D eigenvalue weighted by Gasteiger charge is -2.40. The molecule has 2 aliphatic heterocycles. The number of nitro benzene ring substituents is 1. The quantitative estimate of drug-likeness (QED) is 0.196. The van der Waals surface area contributed by atoms with E-state index in [9.17, 15) is 29.3 Å². The number of non-ortho nitro benzene ring substituents is 1. The van der Waals surface area contributed by atoms with Gasteiger partial charge < -0.3 is 13.9 Å². The predicted molar refractivity (Wildman–Crippen MR) is 143 cm³/mol. The number of hydrogen-bond donors (Lipinski definition) is 1. The summed E-state index contributed by atoms with van der Waals surface area (Å²) in [6.07, 6.45) is 1.39. The molecule has 3 atom stereocenters. The van der Waals surface area contributed by atoms with Crippen LogP contribution in [0, 0.1) is 10.1 Å². The van der Waals surface area contributed by atoms with E-state index in [1.165, 1.54) is 37.5 Å². The predicted octanol–water partition coefficient (Wildman–Crippen LogP) is 3.31. The summed E-state index contributed by atoms with van der Waals surface area (Å²) in [6, 6.07) is 14.1. The van der Waals surface area contributed by atoms with Crippen molar-refractivity contribution in [3.05, 3.63) is 93.9 Å². The Morgan fingerprint density at radius 1 is 1.00 bits per heavy atom. The summed E-state index contributed by atoms with van der Waals surface area (Å²) in [6.45, 7) is 4.07. The van der Waals surface area contributed by atoms with Crippen LogP contribution in [0.3, 0.4) is 0 Å². The van der Waals surface area contributed by atoms with Gasteiger partial charge in [-0.2, -0.15) is 0 Å². The summed E-state index contributed by atoms with van der Waals surface area (Å²) < 4.78 is 16.8. The van der Waals surface area contributed by atoms with Gasteiger partial charge in [-0.25, -0.2) is 14.5 Å². The van der Waals surface area contributed by atoms with E-state index in [-0.39, 0.29) is 35.9 Å². The van der Waals surface area contributed by atoms with Gasteiger partial charge >= 0.3 is 11.9 Å². The van der Waals surface area contributed by atoms with E-state index >= 15 is 0 Å². The van der Waals surface area contributed by atoms with Crippen molar-refractivity contribution in [2.45, 2.75) is 43.7 Å². The molecule has 0 saturated carbocycles. The molecule has 0 bridgehead atoms. The first kappa shape index (κ1) is 27.7. The van der Waals surface area contributed by atoms with Gasteiger partial charge in [-0.15, -0.1) is 0 Å². The van der Waals surface area contributed by atoms with Gasteiger partial charge in [-0.1, -0.05) is 30.3 Å². The number of nitrogens with zero attached hydrogens (tertiary/aromatic N) is 2. The highest BCUT2D eigenvalue weighted by Gasteiger charge is 2.81. The lowest BCUT2D eigenvalue weighted by molar-refractivity contribution is -0.384. The van der Waals surface area contributed by atoms with E-state index in [1.807, 2.05) is 0 Å². The Balaban J connectivity index is 1.92. The Bertz CT molecular complexity index is 1520. The van der Waals surface area contributed by atoms with Crippen molar-refractivity contribution in [1.82, 2.24) is 5.32 Å². The average Bonchev–Trinajstić information content (AvgIpc) is 3.65. The largest absolute Gasteiger partial charge is 0.469 e. The minimum atomic E-state index is -2.49. The zero-order chi connectivity index (χ0) is 29.5. The molecule has 1 spiro atoms. The van der Waals surface area contributed by atoms with Crippen molar-refractivity contribution in [3.8, 4) is 0 Å². The number of hydrogen-bond acceptors (Lipinski definition) is 10. The summed E-state index contributed by atoms with van der Waals surface area (Å²) in [5.74, 6) is -4.51. The number of imide groups is 1. The number of benzene rings is 2. The van der Waals surface area contributed by atoms with Crippen LogP contribution >= 0.6 is 0 Å². The maximum Gasteiger partial charge on any atom is 0.339 e. The molecule has 212 valence electrons. The normalized spacial score (nSPS) is 22.4. The SMILES string of the molecule is CCOC(=O)C1(C(=O)OCC)N[C@H](c2ccc([N+](=O)[O-])cc2)[C@@H](c2ccco2)[C@]12C(=O)N(C(C)=O)c1ccccc12. The van der Waals surface area contributed by atoms with E-state index < -0.39 is 51.6 Å². The second kappa shape index (κ2) is 10.3. The van der Waals surface area contributed by atoms with E-state index in [4.69, 9.17) is 13.9 Å². The number of nitrogens with one attached hydrogen (secondary N) is 1. The Labute approximate surface area is 234 Å².